The molecular weight excluding hydrogens is 324 g/mol. The molecule has 0 amide bonds. The molecule has 0 radical (unpaired) electrons. The van der Waals surface area contributed by atoms with Crippen LogP contribution in [0.2, 0.25) is 0 Å². The lowest BCUT2D eigenvalue weighted by Crippen LogP contribution is -2.33. The van der Waals surface area contributed by atoms with Crippen LogP contribution >= 0.6 is 0 Å². The Morgan fingerprint density at radius 3 is 2.83 bits per heavy atom. The van der Waals surface area contributed by atoms with Gasteiger partial charge in [-0.15, -0.1) is 0 Å². The zero-order chi connectivity index (χ0) is 17.2. The van der Waals surface area contributed by atoms with Gasteiger partial charge in [0.15, 0.2) is 9.84 Å². The average Bonchev–Trinajstić information content (AvgIpc) is 2.93. The molecule has 1 fully saturated rings. The van der Waals surface area contributed by atoms with Crippen LogP contribution in [0.4, 0.5) is 11.6 Å². The molecular formula is C17H22N4O2S. The summed E-state index contributed by atoms with van der Waals surface area (Å²) in [5, 5.41) is 3.29. The first-order valence-corrected chi connectivity index (χ1v) is 9.80. The van der Waals surface area contributed by atoms with Gasteiger partial charge in [0.2, 0.25) is 0 Å². The van der Waals surface area contributed by atoms with Gasteiger partial charge in [0.1, 0.15) is 18.0 Å². The van der Waals surface area contributed by atoms with Gasteiger partial charge in [-0.2, -0.15) is 0 Å². The van der Waals surface area contributed by atoms with Crippen molar-refractivity contribution in [1.29, 1.82) is 0 Å². The van der Waals surface area contributed by atoms with E-state index in [1.54, 1.807) is 0 Å². The van der Waals surface area contributed by atoms with Crippen molar-refractivity contribution in [3.63, 3.8) is 0 Å². The molecule has 0 aliphatic carbocycles. The third kappa shape index (κ3) is 4.03. The smallest absolute Gasteiger partial charge is 0.152 e. The van der Waals surface area contributed by atoms with Crippen LogP contribution in [-0.4, -0.2) is 43.0 Å². The van der Waals surface area contributed by atoms with Crippen molar-refractivity contribution >= 4 is 21.5 Å². The summed E-state index contributed by atoms with van der Waals surface area (Å²) < 4.78 is 23.3. The van der Waals surface area contributed by atoms with Gasteiger partial charge in [0.25, 0.3) is 0 Å². The number of sulfone groups is 1. The molecule has 1 atom stereocenters. The molecule has 3 rings (SSSR count). The number of nitrogens with one attached hydrogen (secondary N) is 1. The van der Waals surface area contributed by atoms with Crippen LogP contribution in [0, 0.1) is 6.92 Å². The van der Waals surface area contributed by atoms with Gasteiger partial charge in [0.05, 0.1) is 11.5 Å². The molecule has 1 saturated heterocycles. The quantitative estimate of drug-likeness (QED) is 0.893. The Morgan fingerprint density at radius 1 is 1.29 bits per heavy atom. The molecule has 2 heterocycles. The molecule has 1 aliphatic rings. The van der Waals surface area contributed by atoms with Crippen LogP contribution < -0.4 is 10.2 Å². The lowest BCUT2D eigenvalue weighted by atomic mass is 10.1. The minimum Gasteiger partial charge on any atom is -0.366 e. The Morgan fingerprint density at radius 2 is 2.12 bits per heavy atom. The summed E-state index contributed by atoms with van der Waals surface area (Å²) >= 11 is 0. The molecule has 1 N–H and O–H groups in total. The van der Waals surface area contributed by atoms with E-state index in [-0.39, 0.29) is 17.5 Å². The van der Waals surface area contributed by atoms with E-state index in [0.29, 0.717) is 13.0 Å². The van der Waals surface area contributed by atoms with Crippen molar-refractivity contribution in [1.82, 2.24) is 9.97 Å². The van der Waals surface area contributed by atoms with Gasteiger partial charge in [-0.3, -0.25) is 0 Å². The average molecular weight is 346 g/mol. The van der Waals surface area contributed by atoms with E-state index in [4.69, 9.17) is 0 Å². The molecule has 7 heteroatoms. The largest absolute Gasteiger partial charge is 0.366 e. The minimum atomic E-state index is -2.91. The first-order chi connectivity index (χ1) is 11.4. The SMILES string of the molecule is Cc1cccc(CNc2cc(N(C)C3CCS(=O)(=O)C3)ncn2)c1. The second-order valence-electron chi connectivity index (χ2n) is 6.27. The number of nitrogens with zero attached hydrogens (tertiary/aromatic N) is 3. The van der Waals surface area contributed by atoms with Crippen molar-refractivity contribution in [3.05, 3.63) is 47.8 Å². The molecule has 6 nitrogen and oxygen atoms in total. The fourth-order valence-electron chi connectivity index (χ4n) is 2.92. The second kappa shape index (κ2) is 6.76. The maximum atomic E-state index is 11.7. The van der Waals surface area contributed by atoms with Crippen molar-refractivity contribution in [2.24, 2.45) is 0 Å². The van der Waals surface area contributed by atoms with Crippen molar-refractivity contribution in [2.75, 3.05) is 28.8 Å². The first-order valence-electron chi connectivity index (χ1n) is 7.98. The predicted octanol–water partition coefficient (Wildman–Crippen LogP) is 2.02. The van der Waals surface area contributed by atoms with Crippen LogP contribution in [0.15, 0.2) is 36.7 Å². The molecule has 1 aromatic heterocycles. The molecule has 1 aromatic carbocycles. The lowest BCUT2D eigenvalue weighted by molar-refractivity contribution is 0.600. The number of aryl methyl sites for hydroxylation is 1. The highest BCUT2D eigenvalue weighted by molar-refractivity contribution is 7.91. The van der Waals surface area contributed by atoms with Crippen LogP contribution in [0.25, 0.3) is 0 Å². The number of hydrogen-bond donors (Lipinski definition) is 1. The summed E-state index contributed by atoms with van der Waals surface area (Å²) in [4.78, 5) is 10.5. The summed E-state index contributed by atoms with van der Waals surface area (Å²) in [6, 6.07) is 10.1. The van der Waals surface area contributed by atoms with E-state index in [0.717, 1.165) is 11.6 Å². The third-order valence-corrected chi connectivity index (χ3v) is 6.08. The van der Waals surface area contributed by atoms with Gasteiger partial charge in [0, 0.05) is 25.7 Å². The summed E-state index contributed by atoms with van der Waals surface area (Å²) in [5.41, 5.74) is 2.41. The summed E-state index contributed by atoms with van der Waals surface area (Å²) in [5.74, 6) is 1.92. The van der Waals surface area contributed by atoms with Gasteiger partial charge >= 0.3 is 0 Å². The predicted molar refractivity (Wildman–Crippen MR) is 96.0 cm³/mol. The van der Waals surface area contributed by atoms with E-state index in [1.165, 1.54) is 17.5 Å². The van der Waals surface area contributed by atoms with Gasteiger partial charge in [-0.1, -0.05) is 29.8 Å². The van der Waals surface area contributed by atoms with E-state index in [9.17, 15) is 8.42 Å². The molecule has 0 bridgehead atoms. The summed E-state index contributed by atoms with van der Waals surface area (Å²) in [7, 11) is -1.02. The Bertz CT molecular complexity index is 823. The Hall–Kier alpha value is -2.15. The van der Waals surface area contributed by atoms with E-state index in [1.807, 2.05) is 24.1 Å². The monoisotopic (exact) mass is 346 g/mol. The Balaban J connectivity index is 1.67. The highest BCUT2D eigenvalue weighted by Gasteiger charge is 2.31. The maximum Gasteiger partial charge on any atom is 0.152 e. The molecule has 24 heavy (non-hydrogen) atoms. The molecule has 0 spiro atoms. The number of anilines is 2. The Kier molecular flexibility index (Phi) is 4.71. The fourth-order valence-corrected chi connectivity index (χ4v) is 4.69. The second-order valence-corrected chi connectivity index (χ2v) is 8.50. The Labute approximate surface area is 142 Å². The van der Waals surface area contributed by atoms with Crippen molar-refractivity contribution in [2.45, 2.75) is 25.9 Å². The normalized spacial score (nSPS) is 19.2. The van der Waals surface area contributed by atoms with E-state index >= 15 is 0 Å². The first kappa shape index (κ1) is 16.7. The lowest BCUT2D eigenvalue weighted by Gasteiger charge is -2.24. The van der Waals surface area contributed by atoms with Crippen LogP contribution in [-0.2, 0) is 16.4 Å². The number of aromatic nitrogens is 2. The van der Waals surface area contributed by atoms with Crippen LogP contribution in [0.3, 0.4) is 0 Å². The standard InChI is InChI=1S/C17H22N4O2S/c1-13-4-3-5-14(8-13)10-18-16-9-17(20-12-19-16)21(2)15-6-7-24(22,23)11-15/h3-5,8-9,12,15H,6-7,10-11H2,1-2H3,(H,18,19,20). The molecule has 0 saturated carbocycles. The van der Waals surface area contributed by atoms with Gasteiger partial charge in [-0.05, 0) is 18.9 Å². The van der Waals surface area contributed by atoms with Crippen molar-refractivity contribution in [3.8, 4) is 0 Å². The van der Waals surface area contributed by atoms with Gasteiger partial charge < -0.3 is 10.2 Å². The van der Waals surface area contributed by atoms with E-state index < -0.39 is 9.84 Å². The maximum absolute atomic E-state index is 11.7. The van der Waals surface area contributed by atoms with E-state index in [2.05, 4.69) is 40.4 Å². The summed E-state index contributed by atoms with van der Waals surface area (Å²) in [6.45, 7) is 2.75. The highest BCUT2D eigenvalue weighted by atomic mass is 32.2. The van der Waals surface area contributed by atoms with Crippen molar-refractivity contribution < 1.29 is 8.42 Å². The van der Waals surface area contributed by atoms with Crippen LogP contribution in [0.5, 0.6) is 0 Å². The zero-order valence-electron chi connectivity index (χ0n) is 13.9. The minimum absolute atomic E-state index is 0.0190. The molecule has 1 aliphatic heterocycles. The van der Waals surface area contributed by atoms with Gasteiger partial charge in [-0.25, -0.2) is 18.4 Å². The fraction of sp³-hybridized carbons (Fsp3) is 0.412. The molecule has 128 valence electrons. The summed E-state index contributed by atoms with van der Waals surface area (Å²) in [6.07, 6.45) is 2.16. The number of benzene rings is 1. The van der Waals surface area contributed by atoms with Crippen LogP contribution in [0.1, 0.15) is 17.5 Å². The molecule has 2 aromatic rings. The third-order valence-electron chi connectivity index (χ3n) is 4.33. The number of hydrogen-bond acceptors (Lipinski definition) is 6. The topological polar surface area (TPSA) is 75.2 Å². The zero-order valence-corrected chi connectivity index (χ0v) is 14.8. The molecule has 1 unspecified atom stereocenters. The highest BCUT2D eigenvalue weighted by Crippen LogP contribution is 2.22. The number of rotatable bonds is 5.